The summed E-state index contributed by atoms with van der Waals surface area (Å²) in [5.74, 6) is 3.68. The van der Waals surface area contributed by atoms with Gasteiger partial charge in [0, 0.05) is 6.42 Å². The first-order valence-electron chi connectivity index (χ1n) is 10.8. The van der Waals surface area contributed by atoms with E-state index in [0.717, 1.165) is 29.7 Å². The number of halogens is 1. The number of hydrogen-bond acceptors (Lipinski definition) is 0. The summed E-state index contributed by atoms with van der Waals surface area (Å²) in [7, 11) is 0. The summed E-state index contributed by atoms with van der Waals surface area (Å²) in [6.07, 6.45) is 15.1. The van der Waals surface area contributed by atoms with Crippen molar-refractivity contribution in [3.8, 4) is 0 Å². The van der Waals surface area contributed by atoms with Crippen molar-refractivity contribution < 1.29 is 4.39 Å². The molecule has 0 aromatic carbocycles. The van der Waals surface area contributed by atoms with Gasteiger partial charge in [-0.3, -0.25) is 0 Å². The molecule has 0 aliphatic heterocycles. The summed E-state index contributed by atoms with van der Waals surface area (Å²) in [4.78, 5) is 0. The molecule has 0 N–H and O–H groups in total. The van der Waals surface area contributed by atoms with E-state index in [2.05, 4.69) is 40.7 Å². The van der Waals surface area contributed by atoms with Crippen LogP contribution in [0.5, 0.6) is 0 Å². The van der Waals surface area contributed by atoms with Crippen LogP contribution in [0.25, 0.3) is 0 Å². The maximum absolute atomic E-state index is 12.7. The van der Waals surface area contributed by atoms with Gasteiger partial charge >= 0.3 is 0 Å². The van der Waals surface area contributed by atoms with Crippen molar-refractivity contribution in [2.75, 3.05) is 0 Å². The SMILES string of the molecule is CC1=C(F)CC(C)CC1.CC1=CCC(C)CC1.CC1CCC(C)CC1. The van der Waals surface area contributed by atoms with E-state index in [1.807, 2.05) is 6.92 Å². The standard InChI is InChI=1S/C8H13F.C8H16.C8H14/c1-6-3-4-7(2)8(9)5-6;2*1-7-3-5-8(2)6-4-7/h6H,3-5H2,1-2H3;7-8H,3-6H2,1-2H3;3,8H,4-6H2,1-2H3. The van der Waals surface area contributed by atoms with Gasteiger partial charge in [-0.1, -0.05) is 65.0 Å². The molecule has 146 valence electrons. The van der Waals surface area contributed by atoms with Gasteiger partial charge in [0.1, 0.15) is 0 Å². The lowest BCUT2D eigenvalue weighted by atomic mass is 9.84. The predicted octanol–water partition coefficient (Wildman–Crippen LogP) is 8.64. The zero-order valence-corrected chi connectivity index (χ0v) is 17.8. The van der Waals surface area contributed by atoms with Crippen LogP contribution in [0, 0.1) is 23.7 Å². The van der Waals surface area contributed by atoms with Crippen LogP contribution < -0.4 is 0 Å². The van der Waals surface area contributed by atoms with Gasteiger partial charge in [0.15, 0.2) is 0 Å². The topological polar surface area (TPSA) is 0 Å². The van der Waals surface area contributed by atoms with Crippen LogP contribution in [0.15, 0.2) is 23.0 Å². The highest BCUT2D eigenvalue weighted by molar-refractivity contribution is 5.08. The van der Waals surface area contributed by atoms with Crippen molar-refractivity contribution in [3.05, 3.63) is 23.0 Å². The number of rotatable bonds is 0. The molecule has 0 amide bonds. The van der Waals surface area contributed by atoms with Crippen molar-refractivity contribution in [2.45, 2.75) is 106 Å². The lowest BCUT2D eigenvalue weighted by Gasteiger charge is -2.22. The highest BCUT2D eigenvalue weighted by atomic mass is 19.1. The summed E-state index contributed by atoms with van der Waals surface area (Å²) in [6, 6.07) is 0. The zero-order valence-electron chi connectivity index (χ0n) is 17.8. The number of hydrogen-bond donors (Lipinski definition) is 0. The zero-order chi connectivity index (χ0) is 18.8. The van der Waals surface area contributed by atoms with Crippen molar-refractivity contribution in [3.63, 3.8) is 0 Å². The van der Waals surface area contributed by atoms with E-state index in [0.29, 0.717) is 12.3 Å². The normalized spacial score (nSPS) is 32.7. The maximum Gasteiger partial charge on any atom is 0.0991 e. The van der Waals surface area contributed by atoms with E-state index in [-0.39, 0.29) is 5.83 Å². The Morgan fingerprint density at radius 3 is 1.60 bits per heavy atom. The van der Waals surface area contributed by atoms with Gasteiger partial charge < -0.3 is 0 Å². The molecule has 0 bridgehead atoms. The summed E-state index contributed by atoms with van der Waals surface area (Å²) < 4.78 is 12.7. The van der Waals surface area contributed by atoms with E-state index < -0.39 is 0 Å². The van der Waals surface area contributed by atoms with Gasteiger partial charge in [-0.2, -0.15) is 0 Å². The quantitative estimate of drug-likeness (QED) is 0.383. The molecule has 0 aromatic heterocycles. The van der Waals surface area contributed by atoms with Gasteiger partial charge in [-0.25, -0.2) is 4.39 Å². The Morgan fingerprint density at radius 2 is 1.24 bits per heavy atom. The average molecular weight is 351 g/mol. The summed E-state index contributed by atoms with van der Waals surface area (Å²) in [5, 5.41) is 0. The molecule has 0 heterocycles. The second kappa shape index (κ2) is 11.9. The van der Waals surface area contributed by atoms with E-state index in [1.165, 1.54) is 51.4 Å². The van der Waals surface area contributed by atoms with E-state index in [9.17, 15) is 4.39 Å². The molecule has 1 saturated carbocycles. The maximum atomic E-state index is 12.7. The third kappa shape index (κ3) is 10.2. The Bertz CT molecular complexity index is 413. The first-order valence-corrected chi connectivity index (χ1v) is 10.8. The van der Waals surface area contributed by atoms with Crippen LogP contribution in [-0.4, -0.2) is 0 Å². The minimum absolute atomic E-state index is 0.133. The van der Waals surface area contributed by atoms with Crippen LogP contribution in [0.4, 0.5) is 4.39 Å². The molecule has 3 aliphatic carbocycles. The molecule has 0 aromatic rings. The minimum Gasteiger partial charge on any atom is -0.212 e. The van der Waals surface area contributed by atoms with E-state index in [1.54, 1.807) is 5.57 Å². The lowest BCUT2D eigenvalue weighted by molar-refractivity contribution is 0.308. The molecule has 2 atom stereocenters. The highest BCUT2D eigenvalue weighted by Gasteiger charge is 2.14. The Kier molecular flexibility index (Phi) is 10.7. The molecular weight excluding hydrogens is 307 g/mol. The summed E-state index contributed by atoms with van der Waals surface area (Å²) in [6.45, 7) is 13.3. The van der Waals surface area contributed by atoms with Crippen LogP contribution in [0.2, 0.25) is 0 Å². The Hall–Kier alpha value is -0.590. The van der Waals surface area contributed by atoms with Gasteiger partial charge in [0.25, 0.3) is 0 Å². The van der Waals surface area contributed by atoms with Crippen molar-refractivity contribution >= 4 is 0 Å². The van der Waals surface area contributed by atoms with Crippen LogP contribution in [0.1, 0.15) is 106 Å². The first-order chi connectivity index (χ1) is 11.8. The first kappa shape index (κ1) is 22.5. The van der Waals surface area contributed by atoms with Gasteiger partial charge in [-0.15, -0.1) is 0 Å². The third-order valence-electron chi connectivity index (χ3n) is 6.21. The van der Waals surface area contributed by atoms with Gasteiger partial charge in [0.2, 0.25) is 0 Å². The molecule has 25 heavy (non-hydrogen) atoms. The molecule has 3 rings (SSSR count). The molecule has 1 fully saturated rings. The fourth-order valence-electron chi connectivity index (χ4n) is 3.70. The molecule has 2 unspecified atom stereocenters. The Morgan fingerprint density at radius 1 is 0.720 bits per heavy atom. The van der Waals surface area contributed by atoms with E-state index >= 15 is 0 Å². The molecule has 0 radical (unpaired) electrons. The van der Waals surface area contributed by atoms with Crippen LogP contribution >= 0.6 is 0 Å². The molecule has 0 spiro atoms. The Balaban J connectivity index is 0.000000188. The molecular formula is C24H43F. The molecule has 1 heteroatoms. The van der Waals surface area contributed by atoms with Crippen LogP contribution in [-0.2, 0) is 0 Å². The monoisotopic (exact) mass is 350 g/mol. The fraction of sp³-hybridized carbons (Fsp3) is 0.833. The fourth-order valence-corrected chi connectivity index (χ4v) is 3.70. The predicted molar refractivity (Wildman–Crippen MR) is 110 cm³/mol. The molecule has 0 nitrogen and oxygen atoms in total. The van der Waals surface area contributed by atoms with E-state index in [4.69, 9.17) is 0 Å². The van der Waals surface area contributed by atoms with Gasteiger partial charge in [0.05, 0.1) is 5.83 Å². The van der Waals surface area contributed by atoms with Crippen LogP contribution in [0.3, 0.4) is 0 Å². The summed E-state index contributed by atoms with van der Waals surface area (Å²) >= 11 is 0. The van der Waals surface area contributed by atoms with Crippen molar-refractivity contribution in [1.82, 2.24) is 0 Å². The molecule has 3 aliphatic rings. The summed E-state index contributed by atoms with van der Waals surface area (Å²) in [5.41, 5.74) is 2.55. The second-order valence-electron chi connectivity index (χ2n) is 9.33. The molecule has 0 saturated heterocycles. The largest absolute Gasteiger partial charge is 0.212 e. The number of allylic oxidation sites excluding steroid dienone is 4. The second-order valence-corrected chi connectivity index (χ2v) is 9.33. The van der Waals surface area contributed by atoms with Crippen molar-refractivity contribution in [2.24, 2.45) is 23.7 Å². The Labute approximate surface area is 157 Å². The highest BCUT2D eigenvalue weighted by Crippen LogP contribution is 2.29. The third-order valence-corrected chi connectivity index (χ3v) is 6.21. The average Bonchev–Trinajstić information content (AvgIpc) is 2.58. The van der Waals surface area contributed by atoms with Gasteiger partial charge in [-0.05, 0) is 75.2 Å². The minimum atomic E-state index is 0.133. The lowest BCUT2D eigenvalue weighted by Crippen LogP contribution is -2.08. The smallest absolute Gasteiger partial charge is 0.0991 e. The van der Waals surface area contributed by atoms with Crippen molar-refractivity contribution in [1.29, 1.82) is 0 Å².